The van der Waals surface area contributed by atoms with Gasteiger partial charge in [0.25, 0.3) is 0 Å². The van der Waals surface area contributed by atoms with Gasteiger partial charge in [-0.15, -0.1) is 10.2 Å². The van der Waals surface area contributed by atoms with Gasteiger partial charge in [0.05, 0.1) is 18.6 Å². The molecule has 0 unspecified atom stereocenters. The third-order valence-electron chi connectivity index (χ3n) is 4.34. The quantitative estimate of drug-likeness (QED) is 0.323. The third kappa shape index (κ3) is 4.87. The molecule has 1 N–H and O–H groups in total. The van der Waals surface area contributed by atoms with Crippen molar-refractivity contribution in [3.05, 3.63) is 78.1 Å². The number of anilines is 1. The summed E-state index contributed by atoms with van der Waals surface area (Å²) in [6.45, 7) is 0. The van der Waals surface area contributed by atoms with Gasteiger partial charge < -0.3 is 10.1 Å². The van der Waals surface area contributed by atoms with Gasteiger partial charge in [-0.1, -0.05) is 53.7 Å². The largest absolute Gasteiger partial charge is 0.497 e. The number of pyridine rings is 1. The lowest BCUT2D eigenvalue weighted by molar-refractivity contribution is -0.113. The summed E-state index contributed by atoms with van der Waals surface area (Å²) >= 11 is 7.30. The van der Waals surface area contributed by atoms with Crippen molar-refractivity contribution in [3.63, 3.8) is 0 Å². The van der Waals surface area contributed by atoms with Crippen molar-refractivity contribution < 1.29 is 9.53 Å². The molecule has 156 valence electrons. The summed E-state index contributed by atoms with van der Waals surface area (Å²) in [5.41, 5.74) is 2.22. The highest BCUT2D eigenvalue weighted by molar-refractivity contribution is 7.99. The molecule has 0 bridgehead atoms. The Kier molecular flexibility index (Phi) is 6.49. The number of methoxy groups -OCH3 is 1. The van der Waals surface area contributed by atoms with Crippen LogP contribution in [0.3, 0.4) is 0 Å². The Morgan fingerprint density at radius 1 is 1.10 bits per heavy atom. The summed E-state index contributed by atoms with van der Waals surface area (Å²) in [7, 11) is 1.62. The van der Waals surface area contributed by atoms with Crippen molar-refractivity contribution in [2.24, 2.45) is 0 Å². The number of ether oxygens (including phenoxy) is 1. The molecule has 0 spiro atoms. The van der Waals surface area contributed by atoms with Gasteiger partial charge in [0.1, 0.15) is 5.75 Å². The fraction of sp³-hybridized carbons (Fsp3) is 0.0909. The molecule has 0 saturated heterocycles. The Labute approximate surface area is 188 Å². The van der Waals surface area contributed by atoms with E-state index in [2.05, 4.69) is 20.5 Å². The number of hydrogen-bond donors (Lipinski definition) is 1. The lowest BCUT2D eigenvalue weighted by Gasteiger charge is -2.11. The van der Waals surface area contributed by atoms with Crippen molar-refractivity contribution >= 4 is 35.0 Å². The van der Waals surface area contributed by atoms with Crippen molar-refractivity contribution in [3.8, 4) is 22.8 Å². The van der Waals surface area contributed by atoms with Gasteiger partial charge in [0, 0.05) is 17.4 Å². The summed E-state index contributed by atoms with van der Waals surface area (Å²) in [5.74, 6) is 1.30. The van der Waals surface area contributed by atoms with Crippen molar-refractivity contribution in [2.75, 3.05) is 18.2 Å². The maximum Gasteiger partial charge on any atom is 0.234 e. The number of benzene rings is 2. The Morgan fingerprint density at radius 3 is 2.71 bits per heavy atom. The van der Waals surface area contributed by atoms with E-state index in [1.807, 2.05) is 59.2 Å². The smallest absolute Gasteiger partial charge is 0.234 e. The SMILES string of the molecule is COc1cccc(-c2nnc(SCC(=O)Nc3cccnc3Cl)n2-c2ccccc2)c1. The van der Waals surface area contributed by atoms with Crippen molar-refractivity contribution in [1.29, 1.82) is 0 Å². The number of hydrogen-bond acceptors (Lipinski definition) is 6. The highest BCUT2D eigenvalue weighted by Crippen LogP contribution is 2.30. The number of aromatic nitrogens is 4. The standard InChI is InChI=1S/C22H18ClN5O2S/c1-30-17-10-5-7-15(13-17)21-26-27-22(28(21)16-8-3-2-4-9-16)31-14-19(29)25-18-11-6-12-24-20(18)23/h2-13H,14H2,1H3,(H,25,29). The first-order valence-corrected chi connectivity index (χ1v) is 10.7. The summed E-state index contributed by atoms with van der Waals surface area (Å²) in [4.78, 5) is 16.4. The Balaban J connectivity index is 1.61. The number of nitrogens with one attached hydrogen (secondary N) is 1. The third-order valence-corrected chi connectivity index (χ3v) is 5.57. The number of carbonyl (C=O) groups is 1. The average molecular weight is 452 g/mol. The number of halogens is 1. The number of rotatable bonds is 7. The van der Waals surface area contributed by atoms with Crippen LogP contribution in [-0.4, -0.2) is 38.5 Å². The van der Waals surface area contributed by atoms with Gasteiger partial charge in [-0.3, -0.25) is 9.36 Å². The Morgan fingerprint density at radius 2 is 1.94 bits per heavy atom. The van der Waals surface area contributed by atoms with E-state index in [1.165, 1.54) is 11.8 Å². The molecule has 2 aromatic heterocycles. The average Bonchev–Trinajstić information content (AvgIpc) is 3.24. The van der Waals surface area contributed by atoms with E-state index in [1.54, 1.807) is 25.4 Å². The second-order valence-electron chi connectivity index (χ2n) is 6.39. The molecule has 9 heteroatoms. The number of para-hydroxylation sites is 1. The molecule has 4 aromatic rings. The molecule has 2 heterocycles. The molecule has 0 aliphatic heterocycles. The zero-order chi connectivity index (χ0) is 21.6. The van der Waals surface area contributed by atoms with Crippen LogP contribution in [0.4, 0.5) is 5.69 Å². The monoisotopic (exact) mass is 451 g/mol. The fourth-order valence-corrected chi connectivity index (χ4v) is 3.84. The van der Waals surface area contributed by atoms with Crippen molar-refractivity contribution in [1.82, 2.24) is 19.7 Å². The first-order chi connectivity index (χ1) is 15.2. The van der Waals surface area contributed by atoms with Crippen LogP contribution < -0.4 is 10.1 Å². The molecule has 0 radical (unpaired) electrons. The maximum absolute atomic E-state index is 12.5. The zero-order valence-electron chi connectivity index (χ0n) is 16.5. The van der Waals surface area contributed by atoms with Gasteiger partial charge in [-0.25, -0.2) is 4.98 Å². The minimum Gasteiger partial charge on any atom is -0.497 e. The molecule has 31 heavy (non-hydrogen) atoms. The Hall–Kier alpha value is -3.36. The van der Waals surface area contributed by atoms with Gasteiger partial charge >= 0.3 is 0 Å². The molecule has 0 aliphatic carbocycles. The minimum absolute atomic E-state index is 0.133. The van der Waals surface area contributed by atoms with E-state index < -0.39 is 0 Å². The Bertz CT molecular complexity index is 1200. The van der Waals surface area contributed by atoms with Crippen LogP contribution in [0.2, 0.25) is 5.15 Å². The number of carbonyl (C=O) groups excluding carboxylic acids is 1. The molecule has 2 aromatic carbocycles. The van der Waals surface area contributed by atoms with E-state index in [-0.39, 0.29) is 16.8 Å². The molecular weight excluding hydrogens is 434 g/mol. The van der Waals surface area contributed by atoms with E-state index >= 15 is 0 Å². The summed E-state index contributed by atoms with van der Waals surface area (Å²) < 4.78 is 7.26. The summed E-state index contributed by atoms with van der Waals surface area (Å²) in [5, 5.41) is 12.3. The normalized spacial score (nSPS) is 10.6. The van der Waals surface area contributed by atoms with E-state index in [0.717, 1.165) is 17.0 Å². The van der Waals surface area contributed by atoms with Gasteiger partial charge in [0.2, 0.25) is 5.91 Å². The van der Waals surface area contributed by atoms with Crippen molar-refractivity contribution in [2.45, 2.75) is 5.16 Å². The first kappa shape index (κ1) is 20.9. The lowest BCUT2D eigenvalue weighted by Crippen LogP contribution is -2.15. The number of nitrogens with zero attached hydrogens (tertiary/aromatic N) is 4. The van der Waals surface area contributed by atoms with Gasteiger partial charge in [-0.2, -0.15) is 0 Å². The van der Waals surface area contributed by atoms with Crippen LogP contribution in [0.15, 0.2) is 78.1 Å². The number of amides is 1. The fourth-order valence-electron chi connectivity index (χ4n) is 2.92. The maximum atomic E-state index is 12.5. The van der Waals surface area contributed by atoms with Crippen LogP contribution in [0.1, 0.15) is 0 Å². The van der Waals surface area contributed by atoms with Gasteiger partial charge in [-0.05, 0) is 36.4 Å². The second-order valence-corrected chi connectivity index (χ2v) is 7.69. The summed E-state index contributed by atoms with van der Waals surface area (Å²) in [6, 6.07) is 20.8. The predicted molar refractivity (Wildman–Crippen MR) is 122 cm³/mol. The van der Waals surface area contributed by atoms with E-state index in [9.17, 15) is 4.79 Å². The second kappa shape index (κ2) is 9.63. The van der Waals surface area contributed by atoms with E-state index in [0.29, 0.717) is 16.7 Å². The van der Waals surface area contributed by atoms with E-state index in [4.69, 9.17) is 16.3 Å². The highest BCUT2D eigenvalue weighted by Gasteiger charge is 2.18. The molecular formula is C22H18ClN5O2S. The molecule has 0 fully saturated rings. The van der Waals surface area contributed by atoms with Crippen LogP contribution in [0, 0.1) is 0 Å². The number of thioether (sulfide) groups is 1. The molecule has 0 atom stereocenters. The molecule has 0 saturated carbocycles. The lowest BCUT2D eigenvalue weighted by atomic mass is 10.2. The molecule has 1 amide bonds. The first-order valence-electron chi connectivity index (χ1n) is 9.34. The van der Waals surface area contributed by atoms with Crippen LogP contribution in [0.5, 0.6) is 5.75 Å². The van der Waals surface area contributed by atoms with Gasteiger partial charge in [0.15, 0.2) is 16.1 Å². The van der Waals surface area contributed by atoms with Crippen LogP contribution in [-0.2, 0) is 4.79 Å². The molecule has 7 nitrogen and oxygen atoms in total. The topological polar surface area (TPSA) is 81.9 Å². The predicted octanol–water partition coefficient (Wildman–Crippen LogP) is 4.72. The molecule has 0 aliphatic rings. The highest BCUT2D eigenvalue weighted by atomic mass is 35.5. The van der Waals surface area contributed by atoms with Crippen LogP contribution >= 0.6 is 23.4 Å². The molecule has 4 rings (SSSR count). The summed E-state index contributed by atoms with van der Waals surface area (Å²) in [6.07, 6.45) is 1.56. The zero-order valence-corrected chi connectivity index (χ0v) is 18.1. The van der Waals surface area contributed by atoms with Crippen LogP contribution in [0.25, 0.3) is 17.1 Å². The minimum atomic E-state index is -0.217.